The second-order valence-electron chi connectivity index (χ2n) is 14.5. The van der Waals surface area contributed by atoms with Crippen LogP contribution in [0.4, 0.5) is 9.59 Å². The van der Waals surface area contributed by atoms with Crippen molar-refractivity contribution in [3.8, 4) is 29.1 Å². The summed E-state index contributed by atoms with van der Waals surface area (Å²) in [6.45, 7) is 2.96. The number of aromatic nitrogens is 1. The Balaban J connectivity index is 1.15. The fraction of sp³-hybridized carbons (Fsp3) is 0.234. The molecule has 1 aromatic heterocycles. The van der Waals surface area contributed by atoms with Crippen molar-refractivity contribution >= 4 is 82.4 Å². The topological polar surface area (TPSA) is 148 Å². The first kappa shape index (κ1) is 45.4. The Morgan fingerprint density at radius 1 is 0.645 bits per heavy atom. The average molecular weight is 938 g/mol. The summed E-state index contributed by atoms with van der Waals surface area (Å²) in [7, 11) is 1.57. The molecular formula is C47H46BrN4O8PS. The van der Waals surface area contributed by atoms with Gasteiger partial charge in [-0.3, -0.25) is 9.59 Å². The van der Waals surface area contributed by atoms with Crippen LogP contribution < -0.4 is 34.9 Å². The molecule has 62 heavy (non-hydrogen) atoms. The Kier molecular flexibility index (Phi) is 15.1. The van der Waals surface area contributed by atoms with Crippen molar-refractivity contribution in [1.29, 1.82) is 5.26 Å². The fourth-order valence-electron chi connectivity index (χ4n) is 7.16. The number of nitriles is 1. The number of hydrogen-bond acceptors (Lipinski definition) is 11. The predicted octanol–water partition coefficient (Wildman–Crippen LogP) is 9.35. The molecule has 5 aromatic carbocycles. The van der Waals surface area contributed by atoms with Crippen LogP contribution in [0, 0.1) is 11.3 Å². The Morgan fingerprint density at radius 3 is 1.76 bits per heavy atom. The van der Waals surface area contributed by atoms with E-state index < -0.39 is 29.4 Å². The Labute approximate surface area is 372 Å². The Bertz CT molecular complexity index is 2470. The molecule has 0 bridgehead atoms. The number of fused-ring (bicyclic) bond motifs is 1. The zero-order chi connectivity index (χ0) is 44.1. The minimum Gasteiger partial charge on any atom is -0.423 e. The maximum absolute atomic E-state index is 13.8. The average Bonchev–Trinajstić information content (AvgIpc) is 3.70. The third-order valence-electron chi connectivity index (χ3n) is 10.2. The van der Waals surface area contributed by atoms with E-state index in [0.717, 1.165) is 25.4 Å². The SMILES string of the molecule is CC(=O)Oc1ccc(OC(=O)N(CCCCCCP(Br)(c2ccccc2)(c2ccccc2)c2ccccc2)CCN(C)C(=O)Oc2ccc3nc(C#N)sc3c2)cc1OC(C)=O. The number of unbranched alkanes of at least 4 members (excludes halogenated alkanes) is 3. The van der Waals surface area contributed by atoms with Gasteiger partial charge >= 0.3 is 269 Å². The van der Waals surface area contributed by atoms with Gasteiger partial charge < -0.3 is 9.47 Å². The molecule has 0 spiro atoms. The van der Waals surface area contributed by atoms with Gasteiger partial charge in [0, 0.05) is 19.9 Å². The summed E-state index contributed by atoms with van der Waals surface area (Å²) < 4.78 is 22.5. The number of benzene rings is 5. The number of nitrogens with zero attached hydrogens (tertiary/aromatic N) is 4. The standard InChI is InChI=1S/C47H46BrN4O8PS/c1-34(53)57-42-26-24-36(31-43(42)58-35(2)54)60-47(56)52(29-28-51(3)46(55)59-37-23-25-41-44(32-37)62-45(33-49)50-41)27-15-4-5-16-30-61(48,38-17-9-6-10-18-38,39-19-11-7-12-20-39)40-21-13-8-14-22-40/h6-14,17-26,31-32H,4-5,15-16,27-30H2,1-3H3. The molecule has 0 N–H and O–H groups in total. The number of rotatable bonds is 17. The number of carbonyl (C=O) groups excluding carboxylic acids is 4. The van der Waals surface area contributed by atoms with Crippen LogP contribution in [0.5, 0.6) is 23.0 Å². The van der Waals surface area contributed by atoms with Gasteiger partial charge in [0.25, 0.3) is 0 Å². The third kappa shape index (κ3) is 10.8. The second kappa shape index (κ2) is 20.6. The van der Waals surface area contributed by atoms with Crippen molar-refractivity contribution in [2.75, 3.05) is 32.8 Å². The number of hydrogen-bond donors (Lipinski definition) is 0. The number of ether oxygens (including phenoxy) is 4. The molecule has 0 aliphatic heterocycles. The van der Waals surface area contributed by atoms with Gasteiger partial charge in [-0.05, 0) is 12.1 Å². The van der Waals surface area contributed by atoms with Crippen molar-refractivity contribution in [1.82, 2.24) is 14.8 Å². The second-order valence-corrected chi connectivity index (χ2v) is 24.6. The molecule has 2 amide bonds. The van der Waals surface area contributed by atoms with Crippen LogP contribution in [0.2, 0.25) is 0 Å². The van der Waals surface area contributed by atoms with Gasteiger partial charge in [-0.25, -0.2) is 4.98 Å². The molecule has 6 rings (SSSR count). The first-order valence-corrected chi connectivity index (χ1v) is 25.2. The van der Waals surface area contributed by atoms with Crippen LogP contribution in [0.3, 0.4) is 0 Å². The maximum atomic E-state index is 13.8. The third-order valence-corrected chi connectivity index (χ3v) is 21.2. The van der Waals surface area contributed by atoms with Crippen molar-refractivity contribution in [2.45, 2.75) is 39.5 Å². The van der Waals surface area contributed by atoms with E-state index >= 15 is 0 Å². The normalized spacial score (nSPS) is 11.7. The number of amides is 2. The Hall–Kier alpha value is -6.13. The predicted molar refractivity (Wildman–Crippen MR) is 247 cm³/mol. The molecule has 0 radical (unpaired) electrons. The van der Waals surface area contributed by atoms with E-state index in [-0.39, 0.29) is 30.3 Å². The van der Waals surface area contributed by atoms with Crippen LogP contribution in [0.15, 0.2) is 127 Å². The summed E-state index contributed by atoms with van der Waals surface area (Å²) in [6, 6.07) is 43.0. The monoisotopic (exact) mass is 936 g/mol. The van der Waals surface area contributed by atoms with Gasteiger partial charge in [-0.1, -0.05) is 0 Å². The van der Waals surface area contributed by atoms with Gasteiger partial charge in [0.05, 0.1) is 10.2 Å². The van der Waals surface area contributed by atoms with E-state index in [1.165, 1.54) is 69.1 Å². The van der Waals surface area contributed by atoms with E-state index in [1.807, 2.05) is 24.3 Å². The molecule has 0 fully saturated rings. The molecule has 0 saturated carbocycles. The summed E-state index contributed by atoms with van der Waals surface area (Å²) >= 11 is 5.73. The zero-order valence-electron chi connectivity index (χ0n) is 34.6. The van der Waals surface area contributed by atoms with Crippen molar-refractivity contribution < 1.29 is 38.1 Å². The number of esters is 2. The van der Waals surface area contributed by atoms with Crippen LogP contribution in [-0.4, -0.2) is 71.8 Å². The smallest absolute Gasteiger partial charge is 0.423 e. The number of carbonyl (C=O) groups is 4. The molecule has 0 atom stereocenters. The van der Waals surface area contributed by atoms with Gasteiger partial charge in [0.15, 0.2) is 10.8 Å². The van der Waals surface area contributed by atoms with Gasteiger partial charge in [0.1, 0.15) is 11.8 Å². The summed E-state index contributed by atoms with van der Waals surface area (Å²) in [6.07, 6.45) is 2.79. The van der Waals surface area contributed by atoms with Crippen LogP contribution in [0.1, 0.15) is 44.5 Å². The van der Waals surface area contributed by atoms with Gasteiger partial charge in [-0.15, -0.1) is 11.3 Å². The van der Waals surface area contributed by atoms with Crippen LogP contribution >= 0.6 is 32.1 Å². The zero-order valence-corrected chi connectivity index (χ0v) is 37.9. The molecule has 1 heterocycles. The first-order chi connectivity index (χ1) is 29.9. The van der Waals surface area contributed by atoms with E-state index in [2.05, 4.69) is 93.3 Å². The van der Waals surface area contributed by atoms with Gasteiger partial charge in [0.2, 0.25) is 0 Å². The molecule has 0 saturated heterocycles. The molecular weight excluding hydrogens is 891 g/mol. The summed E-state index contributed by atoms with van der Waals surface area (Å²) in [5.41, 5.74) is 0.631. The van der Waals surface area contributed by atoms with E-state index in [0.29, 0.717) is 33.9 Å². The van der Waals surface area contributed by atoms with E-state index in [1.54, 1.807) is 25.2 Å². The van der Waals surface area contributed by atoms with E-state index in [9.17, 15) is 24.4 Å². The summed E-state index contributed by atoms with van der Waals surface area (Å²) in [4.78, 5) is 57.6. The molecule has 15 heteroatoms. The molecule has 0 aliphatic carbocycles. The number of halogens is 1. The van der Waals surface area contributed by atoms with Gasteiger partial charge in [-0.2, -0.15) is 5.26 Å². The minimum absolute atomic E-state index is 0.00608. The van der Waals surface area contributed by atoms with Crippen molar-refractivity contribution in [3.63, 3.8) is 0 Å². The quantitative estimate of drug-likeness (QED) is 0.0375. The number of thiazole rings is 1. The summed E-state index contributed by atoms with van der Waals surface area (Å²) in [5.74, 6) is -1.01. The molecule has 0 aliphatic rings. The van der Waals surface area contributed by atoms with Crippen molar-refractivity contribution in [2.24, 2.45) is 0 Å². The molecule has 12 nitrogen and oxygen atoms in total. The number of likely N-dealkylation sites (N-methyl/N-ethyl adjacent to an activating group) is 1. The first-order valence-electron chi connectivity index (χ1n) is 20.0. The summed E-state index contributed by atoms with van der Waals surface area (Å²) in [5, 5.41) is 10.2. The fourth-order valence-corrected chi connectivity index (χ4v) is 15.7. The van der Waals surface area contributed by atoms with Crippen molar-refractivity contribution in [3.05, 3.63) is 132 Å². The molecule has 6 aromatic rings. The molecule has 0 unspecified atom stereocenters. The Morgan fingerprint density at radius 2 is 1.18 bits per heavy atom. The molecule has 320 valence electrons. The van der Waals surface area contributed by atoms with E-state index in [4.69, 9.17) is 18.9 Å². The van der Waals surface area contributed by atoms with Crippen LogP contribution in [-0.2, 0) is 9.59 Å². The minimum atomic E-state index is -3.09. The van der Waals surface area contributed by atoms with Crippen LogP contribution in [0.25, 0.3) is 10.2 Å².